The Morgan fingerprint density at radius 2 is 1.07 bits per heavy atom. The van der Waals surface area contributed by atoms with Gasteiger partial charge in [0.15, 0.2) is 17.5 Å². The van der Waals surface area contributed by atoms with Gasteiger partial charge in [0, 0.05) is 37.6 Å². The zero-order chi connectivity index (χ0) is 44.4. The van der Waals surface area contributed by atoms with E-state index in [9.17, 15) is 33.9 Å². The summed E-state index contributed by atoms with van der Waals surface area (Å²) < 4.78 is 0. The fourth-order valence-electron chi connectivity index (χ4n) is 7.12. The molecule has 0 unspecified atom stereocenters. The molecule has 3 amide bonds. The number of carbonyl (C=O) groups is 6. The molecular weight excluding hydrogens is 753 g/mol. The van der Waals surface area contributed by atoms with Crippen LogP contribution in [-0.2, 0) is 28.8 Å². The number of rotatable bonds is 39. The fourth-order valence-corrected chi connectivity index (χ4v) is 7.12. The lowest BCUT2D eigenvalue weighted by Crippen LogP contribution is -2.52. The number of hydrogen-bond acceptors (Lipinski definition) is 10. The van der Waals surface area contributed by atoms with Crippen LogP contribution in [0.3, 0.4) is 0 Å². The van der Waals surface area contributed by atoms with E-state index >= 15 is 0 Å². The lowest BCUT2D eigenvalue weighted by Gasteiger charge is -2.26. The van der Waals surface area contributed by atoms with Gasteiger partial charge in [-0.1, -0.05) is 85.0 Å². The maximum Gasteiger partial charge on any atom is 0.243 e. The number of carbonyl (C=O) groups excluding carboxylic acids is 6. The van der Waals surface area contributed by atoms with Crippen molar-refractivity contribution in [2.24, 2.45) is 45.7 Å². The Balaban J connectivity index is 5.83. The molecule has 0 saturated heterocycles. The predicted octanol–water partition coefficient (Wildman–Crippen LogP) is 4.23. The minimum Gasteiger partial charge on any atom is -0.396 e. The number of nitrogens with two attached hydrogens (primary N) is 4. The number of ketones is 3. The van der Waals surface area contributed by atoms with E-state index in [0.717, 1.165) is 25.7 Å². The molecule has 0 radical (unpaired) electrons. The summed E-state index contributed by atoms with van der Waals surface area (Å²) in [6.45, 7) is 7.92. The maximum absolute atomic E-state index is 14.1. The van der Waals surface area contributed by atoms with Gasteiger partial charge in [-0.15, -0.1) is 0 Å². The number of amides is 3. The molecule has 15 heteroatoms. The Hall–Kier alpha value is -3.43. The fraction of sp³-hybridized carbons (Fsp3) is 0.841. The number of aliphatic hydroxyl groups excluding tert-OH is 1. The first-order valence-corrected chi connectivity index (χ1v) is 22.7. The molecule has 0 aromatic rings. The molecule has 0 aromatic carbocycles. The minimum absolute atomic E-state index is 0.0128. The predicted molar refractivity (Wildman–Crippen MR) is 236 cm³/mol. The summed E-state index contributed by atoms with van der Waals surface area (Å²) in [7, 11) is 0. The quantitative estimate of drug-likeness (QED) is 0.0246. The van der Waals surface area contributed by atoms with Gasteiger partial charge >= 0.3 is 0 Å². The molecule has 15 nitrogen and oxygen atoms in total. The molecular formula is C44H84N8O7. The standard InChI is InChI=1S/C44H84N8O7/c1-5-6-7-8-9-10-11-12-13-14-15-24-41(57)50-38(22-17-19-26-46)43(59)52-36(21-16-18-25-45)39(55)29-34(28-32(2)3)42(58)51-37(23-20-27-49-44(47)48)40(56)30-35(31-53)33(4)54/h32,34-38,53H,5-31,45-46H2,1-4H3,(H,50,57)(H,51,58)(H,52,59)(H4,47,48,49)/t34-,35+,36+,37+,38+/m1/s1. The van der Waals surface area contributed by atoms with Gasteiger partial charge in [-0.25, -0.2) is 0 Å². The second-order valence-corrected chi connectivity index (χ2v) is 16.7. The smallest absolute Gasteiger partial charge is 0.243 e. The first-order chi connectivity index (χ1) is 28.2. The van der Waals surface area contributed by atoms with Crippen LogP contribution < -0.4 is 38.9 Å². The van der Waals surface area contributed by atoms with Gasteiger partial charge in [0.2, 0.25) is 17.7 Å². The summed E-state index contributed by atoms with van der Waals surface area (Å²) in [5.41, 5.74) is 22.4. The molecule has 0 saturated carbocycles. The van der Waals surface area contributed by atoms with Crippen LogP contribution in [0.4, 0.5) is 0 Å². The van der Waals surface area contributed by atoms with Crippen molar-refractivity contribution in [3.05, 3.63) is 0 Å². The zero-order valence-corrected chi connectivity index (χ0v) is 37.2. The maximum atomic E-state index is 14.1. The Labute approximate surface area is 355 Å². The molecule has 0 aliphatic carbocycles. The number of guanidine groups is 1. The van der Waals surface area contributed by atoms with Gasteiger partial charge in [-0.2, -0.15) is 0 Å². The van der Waals surface area contributed by atoms with Gasteiger partial charge in [-0.3, -0.25) is 33.8 Å². The Bertz CT molecular complexity index is 1230. The number of aliphatic hydroxyl groups is 1. The molecule has 0 spiro atoms. The molecule has 0 aliphatic rings. The topological polar surface area (TPSA) is 275 Å². The van der Waals surface area contributed by atoms with Crippen molar-refractivity contribution in [1.82, 2.24) is 16.0 Å². The van der Waals surface area contributed by atoms with Crippen molar-refractivity contribution in [3.63, 3.8) is 0 Å². The SMILES string of the molecule is CCCCCCCCCCCCCC(=O)N[C@@H](CCCCN)C(=O)N[C@@H](CCCCN)C(=O)C[C@@H](CC(C)C)C(=O)N[C@@H](CCCN=C(N)N)C(=O)C[C@@H](CO)C(C)=O. The molecule has 59 heavy (non-hydrogen) atoms. The van der Waals surface area contributed by atoms with Gasteiger partial charge in [-0.05, 0) is 90.1 Å². The molecule has 12 N–H and O–H groups in total. The highest BCUT2D eigenvalue weighted by molar-refractivity contribution is 5.96. The van der Waals surface area contributed by atoms with Crippen LogP contribution in [0.5, 0.6) is 0 Å². The second-order valence-electron chi connectivity index (χ2n) is 16.7. The zero-order valence-electron chi connectivity index (χ0n) is 37.2. The normalized spacial score (nSPS) is 13.8. The van der Waals surface area contributed by atoms with Crippen LogP contribution in [0.1, 0.15) is 175 Å². The molecule has 0 aliphatic heterocycles. The van der Waals surface area contributed by atoms with Crippen molar-refractivity contribution in [2.75, 3.05) is 26.2 Å². The lowest BCUT2D eigenvalue weighted by molar-refractivity contribution is -0.135. The van der Waals surface area contributed by atoms with Crippen molar-refractivity contribution in [2.45, 2.75) is 193 Å². The highest BCUT2D eigenvalue weighted by Gasteiger charge is 2.33. The monoisotopic (exact) mass is 837 g/mol. The summed E-state index contributed by atoms with van der Waals surface area (Å²) in [5.74, 6) is -4.09. The molecule has 0 aromatic heterocycles. The molecule has 0 rings (SSSR count). The van der Waals surface area contributed by atoms with E-state index in [1.54, 1.807) is 0 Å². The summed E-state index contributed by atoms with van der Waals surface area (Å²) >= 11 is 0. The van der Waals surface area contributed by atoms with E-state index in [4.69, 9.17) is 22.9 Å². The number of nitrogens with zero attached hydrogens (tertiary/aromatic N) is 1. The average molecular weight is 837 g/mol. The minimum atomic E-state index is -1.00. The Morgan fingerprint density at radius 1 is 0.593 bits per heavy atom. The van der Waals surface area contributed by atoms with E-state index in [0.29, 0.717) is 70.9 Å². The van der Waals surface area contributed by atoms with Crippen LogP contribution >= 0.6 is 0 Å². The Kier molecular flexibility index (Phi) is 33.3. The number of nitrogens with one attached hydrogen (secondary N) is 3. The number of Topliss-reactive ketones (excluding diaryl/α,β-unsaturated/α-hetero) is 3. The van der Waals surface area contributed by atoms with Gasteiger partial charge in [0.1, 0.15) is 11.8 Å². The molecule has 342 valence electrons. The lowest BCUT2D eigenvalue weighted by atomic mass is 9.87. The largest absolute Gasteiger partial charge is 0.396 e. The van der Waals surface area contributed by atoms with Crippen LogP contribution in [0.2, 0.25) is 0 Å². The number of aliphatic imine (C=N–C) groups is 1. The van der Waals surface area contributed by atoms with Crippen molar-refractivity contribution in [1.29, 1.82) is 0 Å². The Morgan fingerprint density at radius 3 is 1.54 bits per heavy atom. The van der Waals surface area contributed by atoms with Crippen molar-refractivity contribution in [3.8, 4) is 0 Å². The summed E-state index contributed by atoms with van der Waals surface area (Å²) in [6, 6.07) is -2.77. The van der Waals surface area contributed by atoms with E-state index in [1.807, 2.05) is 13.8 Å². The third-order valence-electron chi connectivity index (χ3n) is 10.7. The van der Waals surface area contributed by atoms with Crippen LogP contribution in [-0.4, -0.2) is 90.5 Å². The van der Waals surface area contributed by atoms with E-state index in [-0.39, 0.29) is 55.2 Å². The molecule has 5 atom stereocenters. The molecule has 0 heterocycles. The van der Waals surface area contributed by atoms with Crippen LogP contribution in [0, 0.1) is 17.8 Å². The van der Waals surface area contributed by atoms with E-state index in [2.05, 4.69) is 27.9 Å². The number of hydrogen-bond donors (Lipinski definition) is 8. The number of unbranched alkanes of at least 4 members (excludes halogenated alkanes) is 12. The molecule has 0 fully saturated rings. The average Bonchev–Trinajstić information content (AvgIpc) is 3.18. The highest BCUT2D eigenvalue weighted by Crippen LogP contribution is 2.21. The highest BCUT2D eigenvalue weighted by atomic mass is 16.3. The third kappa shape index (κ3) is 28.6. The first kappa shape index (κ1) is 55.6. The van der Waals surface area contributed by atoms with Gasteiger partial charge in [0.25, 0.3) is 0 Å². The first-order valence-electron chi connectivity index (χ1n) is 22.7. The second kappa shape index (κ2) is 35.3. The van der Waals surface area contributed by atoms with Crippen LogP contribution in [0.25, 0.3) is 0 Å². The van der Waals surface area contributed by atoms with E-state index < -0.39 is 54.2 Å². The third-order valence-corrected chi connectivity index (χ3v) is 10.7. The van der Waals surface area contributed by atoms with Crippen LogP contribution in [0.15, 0.2) is 4.99 Å². The van der Waals surface area contributed by atoms with E-state index in [1.165, 1.54) is 51.9 Å². The summed E-state index contributed by atoms with van der Waals surface area (Å²) in [6.07, 6.45) is 16.7. The molecule has 0 bridgehead atoms. The summed E-state index contributed by atoms with van der Waals surface area (Å²) in [5, 5.41) is 18.3. The summed E-state index contributed by atoms with van der Waals surface area (Å²) in [4.78, 5) is 84.2. The van der Waals surface area contributed by atoms with Gasteiger partial charge < -0.3 is 44.0 Å². The van der Waals surface area contributed by atoms with Crippen molar-refractivity contribution >= 4 is 41.0 Å². The van der Waals surface area contributed by atoms with Gasteiger partial charge in [0.05, 0.1) is 18.7 Å². The van der Waals surface area contributed by atoms with Crippen molar-refractivity contribution < 1.29 is 33.9 Å².